The second-order valence-corrected chi connectivity index (χ2v) is 4.21. The number of halogens is 1. The SMILES string of the molecule is CC(C)c1cc(Br)c2ocnc2c1. The van der Waals surface area contributed by atoms with Gasteiger partial charge < -0.3 is 4.42 Å². The minimum absolute atomic E-state index is 0.511. The van der Waals surface area contributed by atoms with Gasteiger partial charge in [0.15, 0.2) is 12.0 Å². The molecule has 1 aromatic heterocycles. The second kappa shape index (κ2) is 3.14. The molecule has 0 saturated heterocycles. The fourth-order valence-corrected chi connectivity index (χ4v) is 1.84. The quantitative estimate of drug-likeness (QED) is 0.759. The molecule has 0 spiro atoms. The van der Waals surface area contributed by atoms with E-state index in [0.717, 1.165) is 15.6 Å². The van der Waals surface area contributed by atoms with E-state index in [2.05, 4.69) is 46.9 Å². The molecule has 0 aliphatic carbocycles. The number of hydrogen-bond donors (Lipinski definition) is 0. The van der Waals surface area contributed by atoms with Gasteiger partial charge >= 0.3 is 0 Å². The molecule has 68 valence electrons. The van der Waals surface area contributed by atoms with E-state index in [1.165, 1.54) is 12.0 Å². The van der Waals surface area contributed by atoms with Crippen LogP contribution in [0.2, 0.25) is 0 Å². The van der Waals surface area contributed by atoms with Crippen LogP contribution < -0.4 is 0 Å². The maximum Gasteiger partial charge on any atom is 0.182 e. The Labute approximate surface area is 85.1 Å². The minimum atomic E-state index is 0.511. The average molecular weight is 240 g/mol. The van der Waals surface area contributed by atoms with Crippen molar-refractivity contribution in [1.82, 2.24) is 4.98 Å². The van der Waals surface area contributed by atoms with Gasteiger partial charge in [0.1, 0.15) is 5.52 Å². The van der Waals surface area contributed by atoms with Gasteiger partial charge in [-0.3, -0.25) is 0 Å². The van der Waals surface area contributed by atoms with E-state index >= 15 is 0 Å². The van der Waals surface area contributed by atoms with Crippen LogP contribution in [0.3, 0.4) is 0 Å². The number of benzene rings is 1. The van der Waals surface area contributed by atoms with Crippen LogP contribution in [0, 0.1) is 0 Å². The van der Waals surface area contributed by atoms with Crippen molar-refractivity contribution in [2.24, 2.45) is 0 Å². The summed E-state index contributed by atoms with van der Waals surface area (Å²) < 4.78 is 6.20. The van der Waals surface area contributed by atoms with Crippen molar-refractivity contribution in [3.8, 4) is 0 Å². The molecule has 0 fully saturated rings. The van der Waals surface area contributed by atoms with Crippen molar-refractivity contribution in [3.05, 3.63) is 28.6 Å². The average Bonchev–Trinajstić information content (AvgIpc) is 2.51. The Bertz CT molecular complexity index is 433. The second-order valence-electron chi connectivity index (χ2n) is 3.36. The van der Waals surface area contributed by atoms with Gasteiger partial charge in [0.2, 0.25) is 0 Å². The molecule has 0 aliphatic heterocycles. The first-order valence-corrected chi connectivity index (χ1v) is 5.00. The number of oxazole rings is 1. The molecule has 2 nitrogen and oxygen atoms in total. The summed E-state index contributed by atoms with van der Waals surface area (Å²) in [4.78, 5) is 4.13. The Morgan fingerprint density at radius 3 is 2.85 bits per heavy atom. The van der Waals surface area contributed by atoms with Crippen LogP contribution in [0.15, 0.2) is 27.4 Å². The van der Waals surface area contributed by atoms with Gasteiger partial charge in [0.05, 0.1) is 4.47 Å². The van der Waals surface area contributed by atoms with Gasteiger partial charge in [0, 0.05) is 0 Å². The van der Waals surface area contributed by atoms with Crippen molar-refractivity contribution in [3.63, 3.8) is 0 Å². The smallest absolute Gasteiger partial charge is 0.182 e. The van der Waals surface area contributed by atoms with E-state index in [9.17, 15) is 0 Å². The molecule has 0 atom stereocenters. The van der Waals surface area contributed by atoms with Gasteiger partial charge in [-0.2, -0.15) is 0 Å². The summed E-state index contributed by atoms with van der Waals surface area (Å²) in [5.41, 5.74) is 3.01. The van der Waals surface area contributed by atoms with Crippen molar-refractivity contribution >= 4 is 27.0 Å². The van der Waals surface area contributed by atoms with Crippen LogP contribution in [0.5, 0.6) is 0 Å². The summed E-state index contributed by atoms with van der Waals surface area (Å²) in [6.07, 6.45) is 1.47. The fraction of sp³-hybridized carbons (Fsp3) is 0.300. The summed E-state index contributed by atoms with van der Waals surface area (Å²) in [6.45, 7) is 4.32. The highest BCUT2D eigenvalue weighted by atomic mass is 79.9. The third-order valence-corrected chi connectivity index (χ3v) is 2.66. The summed E-state index contributed by atoms with van der Waals surface area (Å²) >= 11 is 3.46. The lowest BCUT2D eigenvalue weighted by molar-refractivity contribution is 0.600. The van der Waals surface area contributed by atoms with Crippen LogP contribution in [0.4, 0.5) is 0 Å². The first-order valence-electron chi connectivity index (χ1n) is 4.21. The third-order valence-electron chi connectivity index (χ3n) is 2.08. The first-order chi connectivity index (χ1) is 6.18. The molecule has 0 radical (unpaired) electrons. The molecule has 0 unspecified atom stereocenters. The standard InChI is InChI=1S/C10H10BrNO/c1-6(2)7-3-8(11)10-9(4-7)12-5-13-10/h3-6H,1-2H3. The lowest BCUT2D eigenvalue weighted by Gasteiger charge is -2.04. The highest BCUT2D eigenvalue weighted by molar-refractivity contribution is 9.10. The predicted molar refractivity (Wildman–Crippen MR) is 55.8 cm³/mol. The first kappa shape index (κ1) is 8.75. The molecule has 1 aromatic carbocycles. The Morgan fingerprint density at radius 1 is 1.38 bits per heavy atom. The van der Waals surface area contributed by atoms with Crippen LogP contribution >= 0.6 is 15.9 Å². The summed E-state index contributed by atoms with van der Waals surface area (Å²) in [6, 6.07) is 4.15. The zero-order chi connectivity index (χ0) is 9.42. The number of aromatic nitrogens is 1. The molecule has 0 aliphatic rings. The molecule has 0 saturated carbocycles. The van der Waals surface area contributed by atoms with Gasteiger partial charge in [-0.05, 0) is 39.5 Å². The Kier molecular flexibility index (Phi) is 2.12. The Morgan fingerprint density at radius 2 is 2.15 bits per heavy atom. The molecule has 3 heteroatoms. The van der Waals surface area contributed by atoms with E-state index in [1.807, 2.05) is 0 Å². The van der Waals surface area contributed by atoms with Crippen molar-refractivity contribution in [2.45, 2.75) is 19.8 Å². The summed E-state index contributed by atoms with van der Waals surface area (Å²) in [7, 11) is 0. The molecule has 1 heterocycles. The van der Waals surface area contributed by atoms with Crippen molar-refractivity contribution in [1.29, 1.82) is 0 Å². The summed E-state index contributed by atoms with van der Waals surface area (Å²) in [5, 5.41) is 0. The van der Waals surface area contributed by atoms with E-state index in [1.54, 1.807) is 0 Å². The van der Waals surface area contributed by atoms with Crippen molar-refractivity contribution in [2.75, 3.05) is 0 Å². The van der Waals surface area contributed by atoms with Gasteiger partial charge in [-0.15, -0.1) is 0 Å². The maximum atomic E-state index is 5.23. The third kappa shape index (κ3) is 1.48. The highest BCUT2D eigenvalue weighted by Gasteiger charge is 2.07. The minimum Gasteiger partial charge on any atom is -0.442 e. The molecule has 0 bridgehead atoms. The zero-order valence-corrected chi connectivity index (χ0v) is 9.13. The van der Waals surface area contributed by atoms with E-state index in [-0.39, 0.29) is 0 Å². The molecule has 0 N–H and O–H groups in total. The van der Waals surface area contributed by atoms with Gasteiger partial charge in [-0.25, -0.2) is 4.98 Å². The Balaban J connectivity index is 2.70. The lowest BCUT2D eigenvalue weighted by atomic mass is 10.0. The fourth-order valence-electron chi connectivity index (χ4n) is 1.28. The van der Waals surface area contributed by atoms with Crippen LogP contribution in [0.1, 0.15) is 25.3 Å². The largest absolute Gasteiger partial charge is 0.442 e. The maximum absolute atomic E-state index is 5.23. The van der Waals surface area contributed by atoms with Crippen LogP contribution in [-0.2, 0) is 0 Å². The lowest BCUT2D eigenvalue weighted by Crippen LogP contribution is -1.87. The molecule has 13 heavy (non-hydrogen) atoms. The molecule has 0 amide bonds. The Hall–Kier alpha value is -0.830. The topological polar surface area (TPSA) is 26.0 Å². The van der Waals surface area contributed by atoms with Crippen molar-refractivity contribution < 1.29 is 4.42 Å². The molecular formula is C10H10BrNO. The molecular weight excluding hydrogens is 230 g/mol. The van der Waals surface area contributed by atoms with Crippen LogP contribution in [-0.4, -0.2) is 4.98 Å². The monoisotopic (exact) mass is 239 g/mol. The molecule has 2 rings (SSSR count). The number of hydrogen-bond acceptors (Lipinski definition) is 2. The van der Waals surface area contributed by atoms with E-state index in [0.29, 0.717) is 5.92 Å². The van der Waals surface area contributed by atoms with E-state index in [4.69, 9.17) is 4.42 Å². The summed E-state index contributed by atoms with van der Waals surface area (Å²) in [5.74, 6) is 0.511. The molecule has 2 aromatic rings. The van der Waals surface area contributed by atoms with E-state index < -0.39 is 0 Å². The highest BCUT2D eigenvalue weighted by Crippen LogP contribution is 2.28. The van der Waals surface area contributed by atoms with Gasteiger partial charge in [0.25, 0.3) is 0 Å². The number of rotatable bonds is 1. The normalized spacial score (nSPS) is 11.4. The van der Waals surface area contributed by atoms with Gasteiger partial charge in [-0.1, -0.05) is 13.8 Å². The zero-order valence-electron chi connectivity index (χ0n) is 7.54. The number of fused-ring (bicyclic) bond motifs is 1. The van der Waals surface area contributed by atoms with Crippen LogP contribution in [0.25, 0.3) is 11.1 Å². The number of nitrogens with zero attached hydrogens (tertiary/aromatic N) is 1. The predicted octanol–water partition coefficient (Wildman–Crippen LogP) is 3.71.